The highest BCUT2D eigenvalue weighted by atomic mass is 127. The van der Waals surface area contributed by atoms with E-state index in [-0.39, 0.29) is 35.4 Å². The number of benzene rings is 1. The van der Waals surface area contributed by atoms with Gasteiger partial charge in [-0.2, -0.15) is 0 Å². The average molecular weight is 566 g/mol. The van der Waals surface area contributed by atoms with Crippen molar-refractivity contribution in [2.45, 2.75) is 58.0 Å². The summed E-state index contributed by atoms with van der Waals surface area (Å²) in [7, 11) is -3.63. The molecular weight excluding hydrogens is 533 g/mol. The molecule has 0 radical (unpaired) electrons. The SMILES string of the molecule is CCNC(=NCc1ccccc1S(=O)(=O)NC(C)(C)C)NCCc1ncc(C)s1.I. The number of halogens is 1. The first-order valence-electron chi connectivity index (χ1n) is 9.66. The number of rotatable bonds is 8. The van der Waals surface area contributed by atoms with Gasteiger partial charge in [0.05, 0.1) is 16.4 Å². The van der Waals surface area contributed by atoms with Gasteiger partial charge in [0.25, 0.3) is 0 Å². The Labute approximate surface area is 201 Å². The average Bonchev–Trinajstić information content (AvgIpc) is 3.03. The minimum Gasteiger partial charge on any atom is -0.357 e. The second-order valence-electron chi connectivity index (χ2n) is 7.70. The molecule has 0 aliphatic carbocycles. The van der Waals surface area contributed by atoms with Gasteiger partial charge in [0.2, 0.25) is 10.0 Å². The molecule has 0 fully saturated rings. The predicted molar refractivity (Wildman–Crippen MR) is 135 cm³/mol. The standard InChI is InChI=1S/C20H31N5O2S2.HI/c1-6-21-19(22-12-11-18-23-13-15(2)28-18)24-14-16-9-7-8-10-17(16)29(26,27)25-20(3,4)5;/h7-10,13,25H,6,11-12,14H2,1-5H3,(H2,21,22,24);1H. The second-order valence-corrected chi connectivity index (χ2v) is 10.7. The van der Waals surface area contributed by atoms with Gasteiger partial charge < -0.3 is 10.6 Å². The fourth-order valence-corrected chi connectivity index (χ4v) is 5.10. The molecule has 7 nitrogen and oxygen atoms in total. The summed E-state index contributed by atoms with van der Waals surface area (Å²) in [6.45, 7) is 11.2. The highest BCUT2D eigenvalue weighted by Crippen LogP contribution is 2.18. The van der Waals surface area contributed by atoms with Gasteiger partial charge in [0.15, 0.2) is 5.96 Å². The van der Waals surface area contributed by atoms with Gasteiger partial charge in [-0.1, -0.05) is 18.2 Å². The molecular formula is C20H32IN5O2S2. The fraction of sp³-hybridized carbons (Fsp3) is 0.500. The van der Waals surface area contributed by atoms with Crippen LogP contribution in [0.4, 0.5) is 0 Å². The van der Waals surface area contributed by atoms with Crippen molar-refractivity contribution >= 4 is 51.3 Å². The minimum absolute atomic E-state index is 0. The molecule has 0 saturated heterocycles. The van der Waals surface area contributed by atoms with Crippen molar-refractivity contribution in [3.05, 3.63) is 45.9 Å². The molecule has 0 atom stereocenters. The molecule has 10 heteroatoms. The molecule has 0 bridgehead atoms. The van der Waals surface area contributed by atoms with E-state index in [0.717, 1.165) is 11.4 Å². The molecule has 0 unspecified atom stereocenters. The molecule has 3 N–H and O–H groups in total. The molecule has 2 rings (SSSR count). The van der Waals surface area contributed by atoms with Crippen molar-refractivity contribution in [3.8, 4) is 0 Å². The van der Waals surface area contributed by atoms with Gasteiger partial charge in [-0.25, -0.2) is 23.1 Å². The summed E-state index contributed by atoms with van der Waals surface area (Å²) >= 11 is 1.69. The van der Waals surface area contributed by atoms with Gasteiger partial charge in [-0.3, -0.25) is 0 Å². The number of nitrogens with zero attached hydrogens (tertiary/aromatic N) is 2. The van der Waals surface area contributed by atoms with E-state index in [1.807, 2.05) is 46.9 Å². The summed E-state index contributed by atoms with van der Waals surface area (Å²) in [6.07, 6.45) is 2.69. The van der Waals surface area contributed by atoms with Crippen molar-refractivity contribution < 1.29 is 8.42 Å². The van der Waals surface area contributed by atoms with Crippen LogP contribution in [0.25, 0.3) is 0 Å². The zero-order chi connectivity index (χ0) is 21.5. The third-order valence-electron chi connectivity index (χ3n) is 3.75. The maximum Gasteiger partial charge on any atom is 0.241 e. The largest absolute Gasteiger partial charge is 0.357 e. The Morgan fingerprint density at radius 2 is 1.90 bits per heavy atom. The molecule has 0 spiro atoms. The van der Waals surface area contributed by atoms with Gasteiger partial charge in [-0.05, 0) is 46.2 Å². The highest BCUT2D eigenvalue weighted by Gasteiger charge is 2.24. The molecule has 1 heterocycles. The first-order chi connectivity index (χ1) is 13.6. The van der Waals surface area contributed by atoms with E-state index in [1.165, 1.54) is 4.88 Å². The van der Waals surface area contributed by atoms with Crippen LogP contribution in [0.5, 0.6) is 0 Å². The number of hydrogen-bond acceptors (Lipinski definition) is 5. The van der Waals surface area contributed by atoms with Crippen LogP contribution < -0.4 is 15.4 Å². The van der Waals surface area contributed by atoms with E-state index in [9.17, 15) is 8.42 Å². The van der Waals surface area contributed by atoms with Crippen LogP contribution in [-0.2, 0) is 23.0 Å². The number of hydrogen-bond donors (Lipinski definition) is 3. The molecule has 168 valence electrons. The predicted octanol–water partition coefficient (Wildman–Crippen LogP) is 3.44. The lowest BCUT2D eigenvalue weighted by atomic mass is 10.1. The maximum atomic E-state index is 12.8. The van der Waals surface area contributed by atoms with Crippen LogP contribution in [0.3, 0.4) is 0 Å². The number of nitrogens with one attached hydrogen (secondary N) is 3. The van der Waals surface area contributed by atoms with Crippen LogP contribution in [0.15, 0.2) is 40.4 Å². The third kappa shape index (κ3) is 8.86. The van der Waals surface area contributed by atoms with Crippen molar-refractivity contribution in [2.24, 2.45) is 4.99 Å². The van der Waals surface area contributed by atoms with E-state index in [0.29, 0.717) is 24.6 Å². The number of guanidine groups is 1. The van der Waals surface area contributed by atoms with Crippen LogP contribution in [0.1, 0.15) is 43.1 Å². The Kier molecular flexibility index (Phi) is 10.7. The lowest BCUT2D eigenvalue weighted by molar-refractivity contribution is 0.491. The third-order valence-corrected chi connectivity index (χ3v) is 6.59. The first-order valence-corrected chi connectivity index (χ1v) is 12.0. The topological polar surface area (TPSA) is 95.5 Å². The summed E-state index contributed by atoms with van der Waals surface area (Å²) < 4.78 is 28.3. The van der Waals surface area contributed by atoms with Crippen molar-refractivity contribution in [1.29, 1.82) is 0 Å². The van der Waals surface area contributed by atoms with E-state index in [4.69, 9.17) is 0 Å². The summed E-state index contributed by atoms with van der Waals surface area (Å²) in [5.74, 6) is 0.650. The van der Waals surface area contributed by atoms with Crippen molar-refractivity contribution in [2.75, 3.05) is 13.1 Å². The summed E-state index contributed by atoms with van der Waals surface area (Å²) in [5, 5.41) is 7.56. The summed E-state index contributed by atoms with van der Waals surface area (Å²) in [5.41, 5.74) is 0.0943. The summed E-state index contributed by atoms with van der Waals surface area (Å²) in [6, 6.07) is 6.96. The highest BCUT2D eigenvalue weighted by molar-refractivity contribution is 14.0. The van der Waals surface area contributed by atoms with Crippen LogP contribution in [-0.4, -0.2) is 38.0 Å². The number of aliphatic imine (C=N–C) groups is 1. The molecule has 0 amide bonds. The quantitative estimate of drug-likeness (QED) is 0.259. The molecule has 1 aromatic heterocycles. The summed E-state index contributed by atoms with van der Waals surface area (Å²) in [4.78, 5) is 10.4. The zero-order valence-corrected chi connectivity index (χ0v) is 22.1. The molecule has 0 aliphatic heterocycles. The van der Waals surface area contributed by atoms with Gasteiger partial charge in [-0.15, -0.1) is 35.3 Å². The lowest BCUT2D eigenvalue weighted by Gasteiger charge is -2.21. The Hall–Kier alpha value is -1.24. The lowest BCUT2D eigenvalue weighted by Crippen LogP contribution is -2.41. The van der Waals surface area contributed by atoms with Crippen molar-refractivity contribution in [1.82, 2.24) is 20.3 Å². The second kappa shape index (κ2) is 12.0. The van der Waals surface area contributed by atoms with Gasteiger partial charge in [0.1, 0.15) is 0 Å². The van der Waals surface area contributed by atoms with E-state index < -0.39 is 15.6 Å². The van der Waals surface area contributed by atoms with E-state index in [1.54, 1.807) is 29.5 Å². The maximum absolute atomic E-state index is 12.8. The first kappa shape index (κ1) is 26.8. The number of thiazole rings is 1. The van der Waals surface area contributed by atoms with Crippen LogP contribution in [0, 0.1) is 6.92 Å². The Bertz CT molecular complexity index is 937. The molecule has 0 saturated carbocycles. The fourth-order valence-electron chi connectivity index (χ4n) is 2.67. The molecule has 1 aromatic carbocycles. The number of sulfonamides is 1. The Balaban J connectivity index is 0.00000450. The van der Waals surface area contributed by atoms with E-state index in [2.05, 4.69) is 25.3 Å². The number of aryl methyl sites for hydroxylation is 1. The van der Waals surface area contributed by atoms with E-state index >= 15 is 0 Å². The monoisotopic (exact) mass is 565 g/mol. The number of aromatic nitrogens is 1. The molecule has 2 aromatic rings. The minimum atomic E-state index is -3.63. The van der Waals surface area contributed by atoms with Gasteiger partial charge in [0, 0.05) is 36.1 Å². The Morgan fingerprint density at radius 1 is 1.20 bits per heavy atom. The Morgan fingerprint density at radius 3 is 2.50 bits per heavy atom. The van der Waals surface area contributed by atoms with Crippen LogP contribution in [0.2, 0.25) is 0 Å². The van der Waals surface area contributed by atoms with Gasteiger partial charge >= 0.3 is 0 Å². The zero-order valence-electron chi connectivity index (χ0n) is 18.2. The normalized spacial score (nSPS) is 12.4. The van der Waals surface area contributed by atoms with Crippen LogP contribution >= 0.6 is 35.3 Å². The molecule has 0 aliphatic rings. The van der Waals surface area contributed by atoms with Crippen molar-refractivity contribution in [3.63, 3.8) is 0 Å². The molecule has 30 heavy (non-hydrogen) atoms. The smallest absolute Gasteiger partial charge is 0.241 e.